The molecule has 5 rings (SSSR count). The number of nitrogens with zero attached hydrogens (tertiary/aromatic N) is 6. The average molecular weight is 430 g/mol. The topological polar surface area (TPSA) is 71.3 Å². The minimum absolute atomic E-state index is 0.736. The van der Waals surface area contributed by atoms with Crippen LogP contribution in [-0.4, -0.2) is 60.1 Å². The lowest BCUT2D eigenvalue weighted by atomic mass is 10.0. The number of hydrogen-bond acceptors (Lipinski definition) is 7. The van der Waals surface area contributed by atoms with Gasteiger partial charge in [0.2, 0.25) is 0 Å². The average Bonchev–Trinajstić information content (AvgIpc) is 3.16. The largest absolute Gasteiger partial charge is 0.378 e. The molecule has 4 aromatic rings. The molecule has 1 saturated heterocycles. The normalized spacial score (nSPS) is 14.0. The summed E-state index contributed by atoms with van der Waals surface area (Å²) in [5.74, 6) is 3.44. The number of pyridine rings is 2. The highest BCUT2D eigenvalue weighted by Gasteiger charge is 2.14. The summed E-state index contributed by atoms with van der Waals surface area (Å²) in [6.07, 6.45) is 1.82. The van der Waals surface area contributed by atoms with Crippen LogP contribution in [0.1, 0.15) is 0 Å². The van der Waals surface area contributed by atoms with Crippen LogP contribution in [0.5, 0.6) is 0 Å². The van der Waals surface area contributed by atoms with Gasteiger partial charge in [0.1, 0.15) is 17.5 Å². The van der Waals surface area contributed by atoms with E-state index in [1.165, 1.54) is 0 Å². The molecular weight excluding hydrogens is 402 g/mol. The molecule has 8 heteroatoms. The fraction of sp³-hybridized carbons (Fsp3) is 0.292. The second kappa shape index (κ2) is 8.47. The van der Waals surface area contributed by atoms with Crippen LogP contribution in [0.25, 0.3) is 22.0 Å². The first-order valence-corrected chi connectivity index (χ1v) is 10.8. The summed E-state index contributed by atoms with van der Waals surface area (Å²) in [4.78, 5) is 13.6. The molecule has 32 heavy (non-hydrogen) atoms. The van der Waals surface area contributed by atoms with Crippen LogP contribution in [0.15, 0.2) is 54.7 Å². The number of benzene rings is 1. The number of morpholine rings is 1. The number of aryl methyl sites for hydroxylation is 1. The predicted molar refractivity (Wildman–Crippen MR) is 129 cm³/mol. The predicted octanol–water partition coefficient (Wildman–Crippen LogP) is 3.68. The van der Waals surface area contributed by atoms with Gasteiger partial charge >= 0.3 is 0 Å². The molecule has 4 heterocycles. The Balaban J connectivity index is 1.42. The Morgan fingerprint density at radius 1 is 0.969 bits per heavy atom. The number of hydrogen-bond donors (Lipinski definition) is 1. The van der Waals surface area contributed by atoms with E-state index >= 15 is 0 Å². The van der Waals surface area contributed by atoms with Crippen molar-refractivity contribution in [3.63, 3.8) is 0 Å². The fourth-order valence-corrected chi connectivity index (χ4v) is 4.03. The third-order valence-corrected chi connectivity index (χ3v) is 5.67. The van der Waals surface area contributed by atoms with Crippen molar-refractivity contribution in [2.24, 2.45) is 7.05 Å². The second-order valence-electron chi connectivity index (χ2n) is 8.11. The van der Waals surface area contributed by atoms with E-state index in [1.807, 2.05) is 61.2 Å². The molecular formula is C24H27N7O. The molecule has 3 aromatic heterocycles. The summed E-state index contributed by atoms with van der Waals surface area (Å²) in [7, 11) is 6.00. The Morgan fingerprint density at radius 3 is 2.59 bits per heavy atom. The number of rotatable bonds is 5. The Hall–Kier alpha value is -3.65. The highest BCUT2D eigenvalue weighted by atomic mass is 16.5. The monoisotopic (exact) mass is 429 g/mol. The number of anilines is 4. The van der Waals surface area contributed by atoms with E-state index in [0.29, 0.717) is 0 Å². The van der Waals surface area contributed by atoms with Gasteiger partial charge in [0.05, 0.1) is 18.7 Å². The zero-order chi connectivity index (χ0) is 22.1. The molecule has 164 valence electrons. The second-order valence-corrected chi connectivity index (χ2v) is 8.11. The summed E-state index contributed by atoms with van der Waals surface area (Å²) in [6.45, 7) is 3.19. The first kappa shape index (κ1) is 20.3. The number of aromatic nitrogens is 4. The van der Waals surface area contributed by atoms with Crippen LogP contribution in [0.2, 0.25) is 0 Å². The van der Waals surface area contributed by atoms with Crippen molar-refractivity contribution >= 4 is 34.2 Å². The molecule has 1 aromatic carbocycles. The van der Waals surface area contributed by atoms with E-state index in [1.54, 1.807) is 0 Å². The highest BCUT2D eigenvalue weighted by Crippen LogP contribution is 2.31. The molecule has 0 spiro atoms. The van der Waals surface area contributed by atoms with Gasteiger partial charge in [-0.15, -0.1) is 0 Å². The summed E-state index contributed by atoms with van der Waals surface area (Å²) in [6, 6.07) is 16.5. The molecule has 0 radical (unpaired) electrons. The molecule has 0 bridgehead atoms. The number of ether oxygens (including phenoxy) is 1. The van der Waals surface area contributed by atoms with E-state index in [0.717, 1.165) is 71.6 Å². The molecule has 1 aliphatic rings. The van der Waals surface area contributed by atoms with Crippen LogP contribution in [0, 0.1) is 0 Å². The van der Waals surface area contributed by atoms with Gasteiger partial charge in [0, 0.05) is 45.8 Å². The first-order valence-electron chi connectivity index (χ1n) is 10.8. The zero-order valence-electron chi connectivity index (χ0n) is 18.6. The summed E-state index contributed by atoms with van der Waals surface area (Å²) in [5, 5.41) is 9.13. The van der Waals surface area contributed by atoms with Crippen LogP contribution in [0.4, 0.5) is 23.3 Å². The lowest BCUT2D eigenvalue weighted by Gasteiger charge is -2.28. The maximum absolute atomic E-state index is 5.45. The summed E-state index contributed by atoms with van der Waals surface area (Å²) < 4.78 is 7.37. The van der Waals surface area contributed by atoms with E-state index in [9.17, 15) is 0 Å². The standard InChI is InChI=1S/C24H27N7O/c1-29(2)24-19-15-17(7-8-20(19)30(3)28-24)18-9-10-25-22(16-18)26-21-5-4-6-23(27-21)31-11-13-32-14-12-31/h4-10,15-16H,11-14H2,1-3H3,(H,25,26,27). The fourth-order valence-electron chi connectivity index (χ4n) is 4.03. The minimum atomic E-state index is 0.736. The first-order chi connectivity index (χ1) is 15.6. The molecule has 1 N–H and O–H groups in total. The third kappa shape index (κ3) is 3.97. The molecule has 1 fully saturated rings. The maximum atomic E-state index is 5.45. The number of fused-ring (bicyclic) bond motifs is 1. The highest BCUT2D eigenvalue weighted by molar-refractivity contribution is 5.94. The Bertz CT molecular complexity index is 1240. The van der Waals surface area contributed by atoms with Gasteiger partial charge in [-0.1, -0.05) is 12.1 Å². The van der Waals surface area contributed by atoms with Crippen molar-refractivity contribution in [2.45, 2.75) is 0 Å². The molecule has 0 aliphatic carbocycles. The van der Waals surface area contributed by atoms with Gasteiger partial charge in [-0.2, -0.15) is 5.10 Å². The number of nitrogens with one attached hydrogen (secondary N) is 1. The van der Waals surface area contributed by atoms with Gasteiger partial charge in [0.15, 0.2) is 5.82 Å². The molecule has 1 aliphatic heterocycles. The van der Waals surface area contributed by atoms with E-state index < -0.39 is 0 Å². The van der Waals surface area contributed by atoms with Crippen LogP contribution in [-0.2, 0) is 11.8 Å². The minimum Gasteiger partial charge on any atom is -0.378 e. The van der Waals surface area contributed by atoms with Gasteiger partial charge in [-0.25, -0.2) is 9.97 Å². The maximum Gasteiger partial charge on any atom is 0.158 e. The smallest absolute Gasteiger partial charge is 0.158 e. The van der Waals surface area contributed by atoms with Crippen molar-refractivity contribution in [3.05, 3.63) is 54.7 Å². The Labute approximate surface area is 187 Å². The van der Waals surface area contributed by atoms with Crippen LogP contribution < -0.4 is 15.1 Å². The lowest BCUT2D eigenvalue weighted by molar-refractivity contribution is 0.122. The summed E-state index contributed by atoms with van der Waals surface area (Å²) >= 11 is 0. The molecule has 0 atom stereocenters. The van der Waals surface area contributed by atoms with Crippen molar-refractivity contribution in [3.8, 4) is 11.1 Å². The molecule has 0 amide bonds. The van der Waals surface area contributed by atoms with Crippen molar-refractivity contribution in [1.82, 2.24) is 19.7 Å². The third-order valence-electron chi connectivity index (χ3n) is 5.67. The van der Waals surface area contributed by atoms with E-state index in [4.69, 9.17) is 9.72 Å². The summed E-state index contributed by atoms with van der Waals surface area (Å²) in [5.41, 5.74) is 3.31. The SMILES string of the molecule is CN(C)c1nn(C)c2ccc(-c3ccnc(Nc4cccc(N5CCOCC5)n4)c3)cc12. The molecule has 8 nitrogen and oxygen atoms in total. The zero-order valence-corrected chi connectivity index (χ0v) is 18.6. The van der Waals surface area contributed by atoms with E-state index in [-0.39, 0.29) is 0 Å². The van der Waals surface area contributed by atoms with Crippen LogP contribution in [0.3, 0.4) is 0 Å². The van der Waals surface area contributed by atoms with Gasteiger partial charge in [0.25, 0.3) is 0 Å². The Kier molecular flexibility index (Phi) is 5.36. The molecule has 0 saturated carbocycles. The van der Waals surface area contributed by atoms with Crippen molar-refractivity contribution < 1.29 is 4.74 Å². The van der Waals surface area contributed by atoms with Gasteiger partial charge in [-0.3, -0.25) is 4.68 Å². The van der Waals surface area contributed by atoms with E-state index in [2.05, 4.69) is 44.6 Å². The quantitative estimate of drug-likeness (QED) is 0.519. The molecule has 0 unspecified atom stereocenters. The van der Waals surface area contributed by atoms with Gasteiger partial charge < -0.3 is 19.9 Å². The Morgan fingerprint density at radius 2 is 1.78 bits per heavy atom. The van der Waals surface area contributed by atoms with Crippen molar-refractivity contribution in [1.29, 1.82) is 0 Å². The van der Waals surface area contributed by atoms with Crippen LogP contribution >= 0.6 is 0 Å². The van der Waals surface area contributed by atoms with Gasteiger partial charge in [-0.05, 0) is 47.5 Å². The van der Waals surface area contributed by atoms with Crippen molar-refractivity contribution in [2.75, 3.05) is 55.5 Å². The lowest BCUT2D eigenvalue weighted by Crippen LogP contribution is -2.36.